The summed E-state index contributed by atoms with van der Waals surface area (Å²) >= 11 is 0. The van der Waals surface area contributed by atoms with Crippen molar-refractivity contribution in [2.45, 2.75) is 0 Å². The molecule has 0 aromatic carbocycles. The highest BCUT2D eigenvalue weighted by Gasteiger charge is 2.16. The highest BCUT2D eigenvalue weighted by molar-refractivity contribution is 5.95. The van der Waals surface area contributed by atoms with Gasteiger partial charge in [0.15, 0.2) is 0 Å². The summed E-state index contributed by atoms with van der Waals surface area (Å²) in [5.74, 6) is -2.01. The highest BCUT2D eigenvalue weighted by Crippen LogP contribution is 2.24. The van der Waals surface area contributed by atoms with Crippen LogP contribution in [-0.2, 0) is 0 Å². The van der Waals surface area contributed by atoms with Crippen LogP contribution in [-0.4, -0.2) is 21.0 Å². The van der Waals surface area contributed by atoms with E-state index >= 15 is 0 Å². The van der Waals surface area contributed by atoms with Crippen molar-refractivity contribution in [3.8, 4) is 11.1 Å². The first-order valence-electron chi connectivity index (χ1n) is 4.48. The van der Waals surface area contributed by atoms with Gasteiger partial charge in [-0.3, -0.25) is 4.98 Å². The summed E-state index contributed by atoms with van der Waals surface area (Å²) in [6, 6.07) is 4.45. The lowest BCUT2D eigenvalue weighted by atomic mass is 10.0. The summed E-state index contributed by atoms with van der Waals surface area (Å²) in [7, 11) is 0. The van der Waals surface area contributed by atoms with Crippen LogP contribution in [0, 0.1) is 5.95 Å². The number of hydrogen-bond donors (Lipinski definition) is 1. The van der Waals surface area contributed by atoms with Gasteiger partial charge >= 0.3 is 5.97 Å². The largest absolute Gasteiger partial charge is 0.478 e. The van der Waals surface area contributed by atoms with Crippen LogP contribution in [0.4, 0.5) is 4.39 Å². The number of carbonyl (C=O) groups is 1. The van der Waals surface area contributed by atoms with Crippen LogP contribution in [0.25, 0.3) is 11.1 Å². The quantitative estimate of drug-likeness (QED) is 0.783. The smallest absolute Gasteiger partial charge is 0.336 e. The Morgan fingerprint density at radius 3 is 2.75 bits per heavy atom. The topological polar surface area (TPSA) is 63.1 Å². The lowest BCUT2D eigenvalue weighted by molar-refractivity contribution is 0.0697. The minimum atomic E-state index is -1.19. The Morgan fingerprint density at radius 1 is 1.31 bits per heavy atom. The Kier molecular flexibility index (Phi) is 2.59. The summed E-state index contributed by atoms with van der Waals surface area (Å²) in [4.78, 5) is 18.2. The molecule has 0 aliphatic rings. The van der Waals surface area contributed by atoms with Crippen molar-refractivity contribution in [2.24, 2.45) is 0 Å². The van der Waals surface area contributed by atoms with Crippen LogP contribution >= 0.6 is 0 Å². The summed E-state index contributed by atoms with van der Waals surface area (Å²) in [5, 5.41) is 8.94. The number of rotatable bonds is 2. The Hall–Kier alpha value is -2.30. The van der Waals surface area contributed by atoms with Gasteiger partial charge < -0.3 is 5.11 Å². The van der Waals surface area contributed by atoms with E-state index in [2.05, 4.69) is 9.97 Å². The summed E-state index contributed by atoms with van der Waals surface area (Å²) in [6.45, 7) is 0. The number of carboxylic acid groups (broad SMARTS) is 1. The van der Waals surface area contributed by atoms with Crippen LogP contribution in [0.1, 0.15) is 10.4 Å². The predicted molar refractivity (Wildman–Crippen MR) is 54.4 cm³/mol. The average molecular weight is 218 g/mol. The van der Waals surface area contributed by atoms with E-state index < -0.39 is 11.9 Å². The van der Waals surface area contributed by atoms with Crippen LogP contribution < -0.4 is 0 Å². The molecule has 0 saturated heterocycles. The Morgan fingerprint density at radius 2 is 2.12 bits per heavy atom. The molecule has 0 atom stereocenters. The third-order valence-electron chi connectivity index (χ3n) is 2.09. The van der Waals surface area contributed by atoms with Gasteiger partial charge in [0.1, 0.15) is 0 Å². The van der Waals surface area contributed by atoms with E-state index in [4.69, 9.17) is 5.11 Å². The van der Waals surface area contributed by atoms with Crippen molar-refractivity contribution < 1.29 is 14.3 Å². The monoisotopic (exact) mass is 218 g/mol. The first-order valence-corrected chi connectivity index (χ1v) is 4.48. The first-order chi connectivity index (χ1) is 7.70. The number of carboxylic acids is 1. The molecular weight excluding hydrogens is 211 g/mol. The number of halogens is 1. The number of hydrogen-bond acceptors (Lipinski definition) is 3. The van der Waals surface area contributed by atoms with Gasteiger partial charge in [0.25, 0.3) is 0 Å². The minimum Gasteiger partial charge on any atom is -0.478 e. The third-order valence-corrected chi connectivity index (χ3v) is 2.09. The molecule has 5 heteroatoms. The Balaban J connectivity index is 2.68. The second-order valence-electron chi connectivity index (χ2n) is 3.07. The molecule has 0 unspecified atom stereocenters. The zero-order valence-electron chi connectivity index (χ0n) is 8.09. The van der Waals surface area contributed by atoms with Crippen molar-refractivity contribution in [2.75, 3.05) is 0 Å². The summed E-state index contributed by atoms with van der Waals surface area (Å²) in [5.41, 5.74) is 0.231. The molecule has 2 aromatic heterocycles. The van der Waals surface area contributed by atoms with Crippen LogP contribution in [0.5, 0.6) is 0 Å². The predicted octanol–water partition coefficient (Wildman–Crippen LogP) is 1.98. The van der Waals surface area contributed by atoms with Gasteiger partial charge in [0.2, 0.25) is 5.95 Å². The van der Waals surface area contributed by atoms with Gasteiger partial charge in [-0.2, -0.15) is 4.39 Å². The third kappa shape index (κ3) is 1.75. The van der Waals surface area contributed by atoms with Crippen molar-refractivity contribution in [1.29, 1.82) is 0 Å². The fourth-order valence-corrected chi connectivity index (χ4v) is 1.40. The van der Waals surface area contributed by atoms with Crippen molar-refractivity contribution >= 4 is 5.97 Å². The van der Waals surface area contributed by atoms with E-state index in [1.807, 2.05) is 0 Å². The van der Waals surface area contributed by atoms with Crippen LogP contribution in [0.3, 0.4) is 0 Å². The molecule has 80 valence electrons. The maximum Gasteiger partial charge on any atom is 0.336 e. The highest BCUT2D eigenvalue weighted by atomic mass is 19.1. The lowest BCUT2D eigenvalue weighted by Gasteiger charge is -2.05. The molecule has 2 rings (SSSR count). The van der Waals surface area contributed by atoms with Crippen molar-refractivity contribution in [1.82, 2.24) is 9.97 Å². The Bertz CT molecular complexity index is 529. The van der Waals surface area contributed by atoms with Crippen molar-refractivity contribution in [3.63, 3.8) is 0 Å². The van der Waals surface area contributed by atoms with Gasteiger partial charge in [-0.15, -0.1) is 0 Å². The van der Waals surface area contributed by atoms with E-state index in [1.54, 1.807) is 12.1 Å². The number of pyridine rings is 2. The standard InChI is InChI=1S/C11H7FN2O2/c12-10-9(7-2-1-4-13-6-7)8(11(15)16)3-5-14-10/h1-6H,(H,15,16). The lowest BCUT2D eigenvalue weighted by Crippen LogP contribution is -2.03. The fraction of sp³-hybridized carbons (Fsp3) is 0. The van der Waals surface area contributed by atoms with Crippen LogP contribution in [0.2, 0.25) is 0 Å². The maximum absolute atomic E-state index is 13.5. The molecule has 0 spiro atoms. The molecule has 0 saturated carbocycles. The molecule has 4 nitrogen and oxygen atoms in total. The first kappa shape index (κ1) is 10.2. The summed E-state index contributed by atoms with van der Waals surface area (Å²) in [6.07, 6.45) is 4.05. The average Bonchev–Trinajstić information content (AvgIpc) is 2.29. The fourth-order valence-electron chi connectivity index (χ4n) is 1.40. The maximum atomic E-state index is 13.5. The van der Waals surface area contributed by atoms with E-state index in [-0.39, 0.29) is 11.1 Å². The second-order valence-corrected chi connectivity index (χ2v) is 3.07. The molecule has 2 heterocycles. The van der Waals surface area contributed by atoms with E-state index in [9.17, 15) is 9.18 Å². The van der Waals surface area contributed by atoms with Gasteiger partial charge in [-0.25, -0.2) is 9.78 Å². The zero-order valence-corrected chi connectivity index (χ0v) is 8.09. The molecule has 2 aromatic rings. The second kappa shape index (κ2) is 4.06. The Labute approximate surface area is 90.4 Å². The molecule has 16 heavy (non-hydrogen) atoms. The van der Waals surface area contributed by atoms with E-state index in [0.717, 1.165) is 6.20 Å². The molecule has 0 amide bonds. The van der Waals surface area contributed by atoms with E-state index in [0.29, 0.717) is 5.56 Å². The molecule has 0 bridgehead atoms. The number of aromatic nitrogens is 2. The zero-order chi connectivity index (χ0) is 11.5. The van der Waals surface area contributed by atoms with Gasteiger partial charge in [0.05, 0.1) is 11.1 Å². The molecular formula is C11H7FN2O2. The molecule has 0 aliphatic carbocycles. The van der Waals surface area contributed by atoms with E-state index in [1.165, 1.54) is 18.5 Å². The van der Waals surface area contributed by atoms with Gasteiger partial charge in [-0.1, -0.05) is 6.07 Å². The minimum absolute atomic E-state index is 0.0388. The SMILES string of the molecule is O=C(O)c1ccnc(F)c1-c1cccnc1. The molecule has 0 aliphatic heterocycles. The number of nitrogens with zero attached hydrogens (tertiary/aromatic N) is 2. The molecule has 0 radical (unpaired) electrons. The van der Waals surface area contributed by atoms with Gasteiger partial charge in [-0.05, 0) is 12.1 Å². The summed E-state index contributed by atoms with van der Waals surface area (Å²) < 4.78 is 13.5. The van der Waals surface area contributed by atoms with Crippen molar-refractivity contribution in [3.05, 3.63) is 48.3 Å². The van der Waals surface area contributed by atoms with Gasteiger partial charge in [0, 0.05) is 24.2 Å². The molecule has 1 N–H and O–H groups in total. The molecule has 0 fully saturated rings. The normalized spacial score (nSPS) is 10.1. The van der Waals surface area contributed by atoms with Crippen LogP contribution in [0.15, 0.2) is 36.8 Å². The number of aromatic carboxylic acids is 1.